The van der Waals surface area contributed by atoms with Crippen LogP contribution in [0.15, 0.2) is 47.4 Å². The van der Waals surface area contributed by atoms with Gasteiger partial charge in [-0.2, -0.15) is 0 Å². The molecule has 0 fully saturated rings. The number of nitrogens with zero attached hydrogens (tertiary/aromatic N) is 1. The van der Waals surface area contributed by atoms with E-state index < -0.39 is 22.0 Å². The lowest BCUT2D eigenvalue weighted by molar-refractivity contribution is 0.123. The van der Waals surface area contributed by atoms with Crippen LogP contribution in [-0.4, -0.2) is 32.3 Å². The zero-order chi connectivity index (χ0) is 30.2. The van der Waals surface area contributed by atoms with Gasteiger partial charge in [-0.15, -0.1) is 0 Å². The molecule has 6 nitrogen and oxygen atoms in total. The average molecular weight is 597 g/mol. The topological polar surface area (TPSA) is 75.7 Å². The zero-order valence-corrected chi connectivity index (χ0v) is 27.1. The van der Waals surface area contributed by atoms with Gasteiger partial charge in [0.1, 0.15) is 6.10 Å². The van der Waals surface area contributed by atoms with Crippen LogP contribution in [0.2, 0.25) is 0 Å². The molecule has 2 aliphatic heterocycles. The number of anilines is 2. The van der Waals surface area contributed by atoms with Gasteiger partial charge in [-0.25, -0.2) is 13.2 Å². The first-order valence-corrected chi connectivity index (χ1v) is 18.0. The number of carbonyl (C=O) groups excluding carboxylic acids is 1. The number of nitrogens with one attached hydrogen (secondary N) is 1. The maximum Gasteiger partial charge on any atom is 0.412 e. The van der Waals surface area contributed by atoms with E-state index in [0.29, 0.717) is 17.2 Å². The molecule has 0 radical (unpaired) electrons. The van der Waals surface area contributed by atoms with E-state index in [1.807, 2.05) is 6.07 Å². The van der Waals surface area contributed by atoms with Crippen LogP contribution in [0.3, 0.4) is 0 Å². The smallest absolute Gasteiger partial charge is 0.412 e. The summed E-state index contributed by atoms with van der Waals surface area (Å²) >= 11 is 0. The van der Waals surface area contributed by atoms with Crippen LogP contribution in [0.1, 0.15) is 134 Å². The molecule has 0 bridgehead atoms. The Morgan fingerprint density at radius 2 is 1.52 bits per heavy atom. The molecule has 2 aromatic carbocycles. The largest absolute Gasteiger partial charge is 0.440 e. The van der Waals surface area contributed by atoms with E-state index in [1.54, 1.807) is 24.3 Å². The van der Waals surface area contributed by atoms with Crippen LogP contribution in [0, 0.1) is 0 Å². The second-order valence-corrected chi connectivity index (χ2v) is 15.1. The van der Waals surface area contributed by atoms with Gasteiger partial charge in [0, 0.05) is 29.0 Å². The number of amides is 1. The van der Waals surface area contributed by atoms with Crippen LogP contribution in [0.4, 0.5) is 16.2 Å². The van der Waals surface area contributed by atoms with Crippen molar-refractivity contribution in [1.82, 2.24) is 0 Å². The normalized spacial score (nSPS) is 20.1. The van der Waals surface area contributed by atoms with E-state index in [4.69, 9.17) is 4.74 Å². The lowest BCUT2D eigenvalue weighted by Crippen LogP contribution is -2.48. The highest BCUT2D eigenvalue weighted by Gasteiger charge is 2.38. The Kier molecular flexibility index (Phi) is 11.4. The number of unbranched alkanes of at least 4 members (excludes halogenated alkanes) is 11. The van der Waals surface area contributed by atoms with Gasteiger partial charge in [0.05, 0.1) is 10.6 Å². The standard InChI is InChI=1S/C35H52N2O4S/c1-5-6-7-8-9-10-11-12-13-14-15-18-23-37-31-22-21-28(24-30(31)27(2)25-35(37,3)4)36-34(38)41-32-26-42(39,40)33-20-17-16-19-29(32)33/h16-17,19-22,24,27,32H,5-15,18,23,25-26H2,1-4H3,(H,36,38). The maximum absolute atomic E-state index is 12.8. The monoisotopic (exact) mass is 596 g/mol. The van der Waals surface area contributed by atoms with Gasteiger partial charge in [-0.1, -0.05) is 103 Å². The molecule has 2 atom stereocenters. The first-order valence-electron chi connectivity index (χ1n) is 16.3. The molecule has 0 saturated heterocycles. The number of fused-ring (bicyclic) bond motifs is 2. The molecule has 0 aliphatic carbocycles. The van der Waals surface area contributed by atoms with Crippen molar-refractivity contribution in [2.45, 2.75) is 134 Å². The van der Waals surface area contributed by atoms with Gasteiger partial charge in [0.2, 0.25) is 0 Å². The van der Waals surface area contributed by atoms with Crippen LogP contribution in [-0.2, 0) is 14.6 Å². The Morgan fingerprint density at radius 1 is 0.905 bits per heavy atom. The minimum atomic E-state index is -3.44. The second kappa shape index (κ2) is 14.8. The van der Waals surface area contributed by atoms with Crippen LogP contribution >= 0.6 is 0 Å². The van der Waals surface area contributed by atoms with E-state index in [-0.39, 0.29) is 16.2 Å². The highest BCUT2D eigenvalue weighted by Crippen LogP contribution is 2.44. The van der Waals surface area contributed by atoms with E-state index in [9.17, 15) is 13.2 Å². The number of ether oxygens (including phenoxy) is 1. The van der Waals surface area contributed by atoms with E-state index in [2.05, 4.69) is 50.0 Å². The summed E-state index contributed by atoms with van der Waals surface area (Å²) in [5.41, 5.74) is 3.77. The summed E-state index contributed by atoms with van der Waals surface area (Å²) in [5, 5.41) is 2.85. The molecule has 42 heavy (non-hydrogen) atoms. The molecule has 2 unspecified atom stereocenters. The van der Waals surface area contributed by atoms with Crippen molar-refractivity contribution in [3.63, 3.8) is 0 Å². The molecule has 0 aromatic heterocycles. The van der Waals surface area contributed by atoms with Crippen molar-refractivity contribution in [1.29, 1.82) is 0 Å². The maximum atomic E-state index is 12.8. The summed E-state index contributed by atoms with van der Waals surface area (Å²) in [7, 11) is -3.44. The molecule has 0 spiro atoms. The lowest BCUT2D eigenvalue weighted by Gasteiger charge is -2.48. The van der Waals surface area contributed by atoms with Gasteiger partial charge in [-0.05, 0) is 62.4 Å². The van der Waals surface area contributed by atoms with Crippen LogP contribution in [0.5, 0.6) is 0 Å². The fourth-order valence-corrected chi connectivity index (χ4v) is 8.56. The highest BCUT2D eigenvalue weighted by molar-refractivity contribution is 7.91. The Balaban J connectivity index is 1.27. The van der Waals surface area contributed by atoms with E-state index in [1.165, 1.54) is 88.3 Å². The molecule has 0 saturated carbocycles. The summed E-state index contributed by atoms with van der Waals surface area (Å²) in [5.74, 6) is 0.141. The Labute approximate surface area is 254 Å². The molecule has 2 heterocycles. The second-order valence-electron chi connectivity index (χ2n) is 13.1. The van der Waals surface area contributed by atoms with Crippen molar-refractivity contribution < 1.29 is 17.9 Å². The highest BCUT2D eigenvalue weighted by atomic mass is 32.2. The number of sulfone groups is 1. The minimum Gasteiger partial charge on any atom is -0.440 e. The van der Waals surface area contributed by atoms with Crippen molar-refractivity contribution in [2.24, 2.45) is 0 Å². The summed E-state index contributed by atoms with van der Waals surface area (Å²) in [6.45, 7) is 10.2. The molecular weight excluding hydrogens is 544 g/mol. The third-order valence-electron chi connectivity index (χ3n) is 9.09. The summed E-state index contributed by atoms with van der Waals surface area (Å²) in [6, 6.07) is 12.9. The van der Waals surface area contributed by atoms with Crippen LogP contribution < -0.4 is 10.2 Å². The fraction of sp³-hybridized carbons (Fsp3) is 0.629. The van der Waals surface area contributed by atoms with Crippen molar-refractivity contribution in [3.8, 4) is 0 Å². The quantitative estimate of drug-likeness (QED) is 0.207. The lowest BCUT2D eigenvalue weighted by atomic mass is 9.79. The average Bonchev–Trinajstić information content (AvgIpc) is 3.20. The predicted molar refractivity (Wildman–Crippen MR) is 173 cm³/mol. The van der Waals surface area contributed by atoms with Gasteiger partial charge in [-0.3, -0.25) is 5.32 Å². The predicted octanol–water partition coefficient (Wildman–Crippen LogP) is 9.56. The molecule has 232 valence electrons. The Hall–Kier alpha value is -2.54. The number of carbonyl (C=O) groups is 1. The number of hydrogen-bond donors (Lipinski definition) is 1. The van der Waals surface area contributed by atoms with Crippen molar-refractivity contribution in [3.05, 3.63) is 53.6 Å². The molecular formula is C35H52N2O4S. The van der Waals surface area contributed by atoms with Gasteiger partial charge >= 0.3 is 6.09 Å². The third kappa shape index (κ3) is 8.30. The first-order chi connectivity index (χ1) is 20.1. The summed E-state index contributed by atoms with van der Waals surface area (Å²) < 4.78 is 30.5. The Morgan fingerprint density at radius 3 is 2.19 bits per heavy atom. The van der Waals surface area contributed by atoms with Crippen LogP contribution in [0.25, 0.3) is 0 Å². The fourth-order valence-electron chi connectivity index (χ4n) is 6.88. The molecule has 4 rings (SSSR count). The third-order valence-corrected chi connectivity index (χ3v) is 10.9. The number of rotatable bonds is 15. The van der Waals surface area contributed by atoms with Gasteiger partial charge in [0.15, 0.2) is 9.84 Å². The van der Waals surface area contributed by atoms with Crippen molar-refractivity contribution in [2.75, 3.05) is 22.5 Å². The number of hydrogen-bond acceptors (Lipinski definition) is 5. The molecule has 2 aromatic rings. The van der Waals surface area contributed by atoms with Gasteiger partial charge < -0.3 is 9.64 Å². The molecule has 2 aliphatic rings. The summed E-state index contributed by atoms with van der Waals surface area (Å²) in [6.07, 6.45) is 15.8. The number of benzene rings is 2. The molecule has 7 heteroatoms. The first kappa shape index (κ1) is 32.4. The molecule has 1 N–H and O–H groups in total. The molecule has 1 amide bonds. The van der Waals surface area contributed by atoms with Gasteiger partial charge in [0.25, 0.3) is 0 Å². The minimum absolute atomic E-state index is 0.0689. The zero-order valence-electron chi connectivity index (χ0n) is 26.3. The van der Waals surface area contributed by atoms with Crippen molar-refractivity contribution >= 4 is 27.3 Å². The SMILES string of the molecule is CCCCCCCCCCCCCCN1c2ccc(NC(=O)OC3CS(=O)(=O)c4ccccc43)cc2C(C)CC1(C)C. The summed E-state index contributed by atoms with van der Waals surface area (Å²) in [4.78, 5) is 15.6. The Bertz CT molecular complexity index is 1290. The van der Waals surface area contributed by atoms with E-state index >= 15 is 0 Å². The van der Waals surface area contributed by atoms with E-state index in [0.717, 1.165) is 13.0 Å².